The van der Waals surface area contributed by atoms with E-state index in [0.29, 0.717) is 19.0 Å². The van der Waals surface area contributed by atoms with Gasteiger partial charge in [0.25, 0.3) is 0 Å². The highest BCUT2D eigenvalue weighted by Gasteiger charge is 2.37. The number of carbonyl (C=O) groups excluding carboxylic acids is 2. The Hall–Kier alpha value is -1.10. The molecule has 0 aromatic carbocycles. The third-order valence-electron chi connectivity index (χ3n) is 3.74. The fourth-order valence-corrected chi connectivity index (χ4v) is 2.65. The second-order valence-corrected chi connectivity index (χ2v) is 6.34. The first kappa shape index (κ1) is 19.9. The van der Waals surface area contributed by atoms with Crippen molar-refractivity contribution in [1.29, 1.82) is 0 Å². The zero-order valence-electron chi connectivity index (χ0n) is 14.4. The zero-order valence-corrected chi connectivity index (χ0v) is 14.4. The van der Waals surface area contributed by atoms with Gasteiger partial charge < -0.3 is 16.0 Å². The van der Waals surface area contributed by atoms with Crippen molar-refractivity contribution in [3.05, 3.63) is 0 Å². The molecule has 0 fully saturated rings. The molecule has 2 amide bonds. The molecule has 0 atom stereocenters. The Morgan fingerprint density at radius 3 is 2.10 bits per heavy atom. The molecule has 0 aliphatic rings. The monoisotopic (exact) mass is 299 g/mol. The Labute approximate surface area is 129 Å². The third-order valence-corrected chi connectivity index (χ3v) is 3.74. The lowest BCUT2D eigenvalue weighted by molar-refractivity contribution is -0.144. The quantitative estimate of drug-likeness (QED) is 0.645. The van der Waals surface area contributed by atoms with Crippen molar-refractivity contribution < 1.29 is 9.59 Å². The van der Waals surface area contributed by atoms with Gasteiger partial charge in [0, 0.05) is 20.1 Å². The molecule has 0 aliphatic heterocycles. The molecule has 0 aromatic rings. The molecular weight excluding hydrogens is 266 g/mol. The minimum Gasteiger partial charge on any atom is -0.354 e. The van der Waals surface area contributed by atoms with E-state index in [2.05, 4.69) is 19.2 Å². The van der Waals surface area contributed by atoms with Crippen LogP contribution in [0.2, 0.25) is 0 Å². The molecule has 0 rings (SSSR count). The number of rotatable bonds is 10. The summed E-state index contributed by atoms with van der Waals surface area (Å²) < 4.78 is 0. The normalized spacial score (nSPS) is 11.6. The van der Waals surface area contributed by atoms with Crippen LogP contribution in [0.15, 0.2) is 0 Å². The second-order valence-electron chi connectivity index (χ2n) is 6.34. The van der Waals surface area contributed by atoms with Gasteiger partial charge in [-0.05, 0) is 18.8 Å². The first-order chi connectivity index (χ1) is 9.82. The fourth-order valence-electron chi connectivity index (χ4n) is 2.65. The maximum absolute atomic E-state index is 12.7. The van der Waals surface area contributed by atoms with Crippen LogP contribution in [0, 0.1) is 11.3 Å². The number of nitrogens with two attached hydrogens (primary N) is 1. The van der Waals surface area contributed by atoms with Crippen LogP contribution in [0.4, 0.5) is 0 Å². The lowest BCUT2D eigenvalue weighted by atomic mass is 9.78. The number of carbonyl (C=O) groups is 2. The molecule has 0 aliphatic carbocycles. The summed E-state index contributed by atoms with van der Waals surface area (Å²) in [5.74, 6) is 0.283. The minimum atomic E-state index is -0.517. The van der Waals surface area contributed by atoms with Crippen LogP contribution in [0.5, 0.6) is 0 Å². The number of amides is 2. The smallest absolute Gasteiger partial charge is 0.239 e. The van der Waals surface area contributed by atoms with Crippen LogP contribution in [-0.2, 0) is 9.59 Å². The number of hydrogen-bond acceptors (Lipinski definition) is 3. The van der Waals surface area contributed by atoms with E-state index in [0.717, 1.165) is 25.7 Å². The summed E-state index contributed by atoms with van der Waals surface area (Å²) >= 11 is 0. The fraction of sp³-hybridized carbons (Fsp3) is 0.875. The number of nitrogens with one attached hydrogen (secondary N) is 1. The van der Waals surface area contributed by atoms with E-state index in [1.807, 2.05) is 13.8 Å². The Bertz CT molecular complexity index is 323. The summed E-state index contributed by atoms with van der Waals surface area (Å²) in [5.41, 5.74) is 5.38. The average molecular weight is 299 g/mol. The van der Waals surface area contributed by atoms with E-state index < -0.39 is 5.41 Å². The summed E-state index contributed by atoms with van der Waals surface area (Å²) in [7, 11) is 1.69. The second kappa shape index (κ2) is 9.77. The highest BCUT2D eigenvalue weighted by atomic mass is 16.2. The molecule has 0 bridgehead atoms. The lowest BCUT2D eigenvalue weighted by Crippen LogP contribution is -2.49. The van der Waals surface area contributed by atoms with E-state index in [9.17, 15) is 9.59 Å². The molecule has 0 aromatic heterocycles. The standard InChI is InChI=1S/C16H33N3O2/c1-6-8-16(12-17,9-7-2)15(21)19(5)11-14(20)18-10-13(3)4/h13H,6-12,17H2,1-5H3,(H,18,20). The summed E-state index contributed by atoms with van der Waals surface area (Å²) in [4.78, 5) is 26.1. The van der Waals surface area contributed by atoms with E-state index in [1.54, 1.807) is 7.05 Å². The molecule has 5 heteroatoms. The van der Waals surface area contributed by atoms with Gasteiger partial charge in [-0.1, -0.05) is 40.5 Å². The molecule has 0 heterocycles. The molecule has 3 N–H and O–H groups in total. The van der Waals surface area contributed by atoms with E-state index in [-0.39, 0.29) is 18.4 Å². The highest BCUT2D eigenvalue weighted by Crippen LogP contribution is 2.30. The predicted octanol–water partition coefficient (Wildman–Crippen LogP) is 1.76. The number of hydrogen-bond donors (Lipinski definition) is 2. The summed E-state index contributed by atoms with van der Waals surface area (Å²) in [6.07, 6.45) is 3.37. The van der Waals surface area contributed by atoms with Gasteiger partial charge in [0.15, 0.2) is 0 Å². The Kier molecular flexibility index (Phi) is 9.26. The molecular formula is C16H33N3O2. The third kappa shape index (κ3) is 6.46. The highest BCUT2D eigenvalue weighted by molar-refractivity contribution is 5.88. The van der Waals surface area contributed by atoms with E-state index >= 15 is 0 Å². The molecule has 0 spiro atoms. The SMILES string of the molecule is CCCC(CN)(CCC)C(=O)N(C)CC(=O)NCC(C)C. The first-order valence-corrected chi connectivity index (χ1v) is 8.05. The van der Waals surface area contributed by atoms with Crippen molar-refractivity contribution in [2.45, 2.75) is 53.4 Å². The number of nitrogens with zero attached hydrogens (tertiary/aromatic N) is 1. The summed E-state index contributed by atoms with van der Waals surface area (Å²) in [6.45, 7) is 9.26. The molecule has 0 radical (unpaired) electrons. The van der Waals surface area contributed by atoms with Crippen LogP contribution >= 0.6 is 0 Å². The van der Waals surface area contributed by atoms with Gasteiger partial charge in [-0.3, -0.25) is 9.59 Å². The van der Waals surface area contributed by atoms with Crippen molar-refractivity contribution in [2.75, 3.05) is 26.7 Å². The van der Waals surface area contributed by atoms with Gasteiger partial charge in [0.2, 0.25) is 11.8 Å². The largest absolute Gasteiger partial charge is 0.354 e. The number of likely N-dealkylation sites (N-methyl/N-ethyl adjacent to an activating group) is 1. The minimum absolute atomic E-state index is 0.00611. The van der Waals surface area contributed by atoms with Crippen LogP contribution in [0.1, 0.15) is 53.4 Å². The van der Waals surface area contributed by atoms with Crippen molar-refractivity contribution in [2.24, 2.45) is 17.1 Å². The van der Waals surface area contributed by atoms with Gasteiger partial charge in [-0.15, -0.1) is 0 Å². The van der Waals surface area contributed by atoms with Crippen LogP contribution in [0.3, 0.4) is 0 Å². The Morgan fingerprint density at radius 2 is 1.71 bits per heavy atom. The Morgan fingerprint density at radius 1 is 1.19 bits per heavy atom. The van der Waals surface area contributed by atoms with Gasteiger partial charge in [-0.25, -0.2) is 0 Å². The van der Waals surface area contributed by atoms with Gasteiger partial charge in [-0.2, -0.15) is 0 Å². The Balaban J connectivity index is 4.73. The maximum atomic E-state index is 12.7. The van der Waals surface area contributed by atoms with Crippen LogP contribution in [0.25, 0.3) is 0 Å². The first-order valence-electron chi connectivity index (χ1n) is 8.05. The maximum Gasteiger partial charge on any atom is 0.239 e. The lowest BCUT2D eigenvalue weighted by Gasteiger charge is -2.34. The molecule has 0 unspecified atom stereocenters. The van der Waals surface area contributed by atoms with Crippen molar-refractivity contribution in [3.63, 3.8) is 0 Å². The van der Waals surface area contributed by atoms with Gasteiger partial charge in [0.05, 0.1) is 12.0 Å². The topological polar surface area (TPSA) is 75.4 Å². The van der Waals surface area contributed by atoms with Crippen LogP contribution in [-0.4, -0.2) is 43.4 Å². The molecule has 0 saturated carbocycles. The molecule has 124 valence electrons. The van der Waals surface area contributed by atoms with Crippen molar-refractivity contribution >= 4 is 11.8 Å². The summed E-state index contributed by atoms with van der Waals surface area (Å²) in [6, 6.07) is 0. The van der Waals surface area contributed by atoms with Crippen molar-refractivity contribution in [3.8, 4) is 0 Å². The van der Waals surface area contributed by atoms with Crippen LogP contribution < -0.4 is 11.1 Å². The van der Waals surface area contributed by atoms with Gasteiger partial charge >= 0.3 is 0 Å². The molecule has 21 heavy (non-hydrogen) atoms. The zero-order chi connectivity index (χ0) is 16.5. The predicted molar refractivity (Wildman–Crippen MR) is 86.8 cm³/mol. The molecule has 5 nitrogen and oxygen atoms in total. The van der Waals surface area contributed by atoms with Crippen molar-refractivity contribution in [1.82, 2.24) is 10.2 Å². The van der Waals surface area contributed by atoms with E-state index in [4.69, 9.17) is 5.73 Å². The molecule has 0 saturated heterocycles. The summed E-state index contributed by atoms with van der Waals surface area (Å²) in [5, 5.41) is 2.84. The van der Waals surface area contributed by atoms with Gasteiger partial charge in [0.1, 0.15) is 0 Å². The van der Waals surface area contributed by atoms with E-state index in [1.165, 1.54) is 4.90 Å². The average Bonchev–Trinajstić information content (AvgIpc) is 2.43.